The van der Waals surface area contributed by atoms with Crippen molar-refractivity contribution in [2.45, 2.75) is 38.8 Å². The molecule has 3 aromatic heterocycles. The molecule has 2 aliphatic heterocycles. The fourth-order valence-corrected chi connectivity index (χ4v) is 9.99. The molecule has 3 aromatic carbocycles. The molecular formula is C37H31ClN6O5S. The number of hydrogen-bond acceptors (Lipinski definition) is 7. The van der Waals surface area contributed by atoms with Crippen LogP contribution in [0.1, 0.15) is 36.4 Å². The molecule has 4 atom stereocenters. The van der Waals surface area contributed by atoms with Crippen LogP contribution in [0.5, 0.6) is 5.75 Å². The number of amides is 2. The monoisotopic (exact) mass is 706 g/mol. The molecule has 2 fully saturated rings. The third kappa shape index (κ3) is 3.88. The number of phenols is 1. The Balaban J connectivity index is 1.22. The quantitative estimate of drug-likeness (QED) is 0.188. The van der Waals surface area contributed by atoms with Gasteiger partial charge in [0.25, 0.3) is 0 Å². The van der Waals surface area contributed by atoms with Gasteiger partial charge in [0.2, 0.25) is 11.8 Å². The standard InChI is InChI=1S/C37H31ClN6O5S/c1-18-24-15-20(38)10-12-28(24)50-32(18)26-17-29(41(4)39-26)43-33(46)25-16-27-22(13-14-42-35(48)40(3)36(49)44(27)42)30(37(25,2)34(43)47)23-11-9-19-7-5-6-8-21(19)31(23)45/h5-13,15,17,25,27,30,45H,14,16H2,1-4H3/t25-,27+,30+,37+/m0/s1. The van der Waals surface area contributed by atoms with E-state index in [0.717, 1.165) is 36.1 Å². The Morgan fingerprint density at radius 3 is 2.56 bits per heavy atom. The van der Waals surface area contributed by atoms with Crippen LogP contribution in [-0.4, -0.2) is 40.6 Å². The van der Waals surface area contributed by atoms with Crippen LogP contribution in [0.15, 0.2) is 81.9 Å². The number of nitrogens with zero attached hydrogens (tertiary/aromatic N) is 6. The molecule has 0 bridgehead atoms. The van der Waals surface area contributed by atoms with Crippen molar-refractivity contribution in [3.05, 3.63) is 109 Å². The van der Waals surface area contributed by atoms with Crippen molar-refractivity contribution in [1.29, 1.82) is 0 Å². The van der Waals surface area contributed by atoms with Gasteiger partial charge in [-0.15, -0.1) is 11.3 Å². The van der Waals surface area contributed by atoms with Crippen molar-refractivity contribution in [2.75, 3.05) is 4.90 Å². The summed E-state index contributed by atoms with van der Waals surface area (Å²) >= 11 is 7.86. The van der Waals surface area contributed by atoms with E-state index in [9.17, 15) is 19.5 Å². The zero-order valence-electron chi connectivity index (χ0n) is 27.5. The number of phenolic OH excluding ortho intramolecular Hbond substituents is 1. The predicted molar refractivity (Wildman–Crippen MR) is 192 cm³/mol. The summed E-state index contributed by atoms with van der Waals surface area (Å²) in [6.45, 7) is 3.91. The number of aromatic hydroxyl groups is 1. The molecule has 50 heavy (non-hydrogen) atoms. The van der Waals surface area contributed by atoms with E-state index in [-0.39, 0.29) is 18.7 Å². The van der Waals surface area contributed by atoms with E-state index in [0.29, 0.717) is 27.5 Å². The van der Waals surface area contributed by atoms with Gasteiger partial charge in [0, 0.05) is 46.8 Å². The summed E-state index contributed by atoms with van der Waals surface area (Å²) in [6, 6.07) is 17.9. The van der Waals surface area contributed by atoms with Crippen molar-refractivity contribution >= 4 is 61.4 Å². The molecule has 13 heteroatoms. The number of carbonyl (C=O) groups is 2. The maximum atomic E-state index is 15.0. The van der Waals surface area contributed by atoms with Crippen LogP contribution in [-0.2, 0) is 30.2 Å². The van der Waals surface area contributed by atoms with Crippen molar-refractivity contribution in [1.82, 2.24) is 23.7 Å². The molecule has 6 aromatic rings. The number of fused-ring (bicyclic) bond motifs is 6. The van der Waals surface area contributed by atoms with Gasteiger partial charge in [0.05, 0.1) is 28.8 Å². The highest BCUT2D eigenvalue weighted by atomic mass is 35.5. The van der Waals surface area contributed by atoms with Gasteiger partial charge in [-0.25, -0.2) is 28.4 Å². The maximum absolute atomic E-state index is 15.0. The number of hydrogen-bond donors (Lipinski definition) is 1. The van der Waals surface area contributed by atoms with Crippen molar-refractivity contribution in [3.63, 3.8) is 0 Å². The molecule has 11 nitrogen and oxygen atoms in total. The number of anilines is 1. The zero-order valence-corrected chi connectivity index (χ0v) is 29.1. The van der Waals surface area contributed by atoms with Crippen LogP contribution < -0.4 is 16.3 Å². The first-order chi connectivity index (χ1) is 23.9. The number of carbonyl (C=O) groups excluding carboxylic acids is 2. The van der Waals surface area contributed by atoms with Gasteiger partial charge in [0.1, 0.15) is 17.3 Å². The molecular weight excluding hydrogens is 676 g/mol. The van der Waals surface area contributed by atoms with Gasteiger partial charge in [0.15, 0.2) is 0 Å². The first kappa shape index (κ1) is 30.8. The maximum Gasteiger partial charge on any atom is 0.347 e. The Morgan fingerprint density at radius 2 is 1.76 bits per heavy atom. The second-order valence-electron chi connectivity index (χ2n) is 13.7. The van der Waals surface area contributed by atoms with Gasteiger partial charge in [-0.05, 0) is 60.4 Å². The highest BCUT2D eigenvalue weighted by molar-refractivity contribution is 7.22. The van der Waals surface area contributed by atoms with E-state index in [1.807, 2.05) is 67.6 Å². The average Bonchev–Trinajstić information content (AvgIpc) is 3.76. The number of aryl methyl sites for hydroxylation is 2. The number of allylic oxidation sites excluding steroid dienone is 2. The van der Waals surface area contributed by atoms with Crippen LogP contribution in [0, 0.1) is 18.3 Å². The lowest BCUT2D eigenvalue weighted by atomic mass is 9.56. The van der Waals surface area contributed by atoms with Gasteiger partial charge in [-0.3, -0.25) is 14.3 Å². The third-order valence-corrected chi connectivity index (χ3v) is 12.7. The lowest BCUT2D eigenvalue weighted by Gasteiger charge is -2.47. The highest BCUT2D eigenvalue weighted by Gasteiger charge is 2.66. The lowest BCUT2D eigenvalue weighted by molar-refractivity contribution is -0.129. The highest BCUT2D eigenvalue weighted by Crippen LogP contribution is 2.62. The van der Waals surface area contributed by atoms with Gasteiger partial charge < -0.3 is 5.11 Å². The predicted octanol–water partition coefficient (Wildman–Crippen LogP) is 5.65. The first-order valence-electron chi connectivity index (χ1n) is 16.3. The Hall–Kier alpha value is -5.20. The van der Waals surface area contributed by atoms with Crippen LogP contribution in [0.25, 0.3) is 31.4 Å². The molecule has 9 rings (SSSR count). The summed E-state index contributed by atoms with van der Waals surface area (Å²) in [6.07, 6.45) is 2.00. The topological polar surface area (TPSA) is 124 Å². The van der Waals surface area contributed by atoms with E-state index in [1.54, 1.807) is 36.1 Å². The number of aromatic nitrogens is 5. The molecule has 5 heterocycles. The Labute approximate surface area is 293 Å². The van der Waals surface area contributed by atoms with E-state index < -0.39 is 46.5 Å². The van der Waals surface area contributed by atoms with Crippen molar-refractivity contribution in [3.8, 4) is 16.3 Å². The molecule has 0 unspecified atom stereocenters. The normalized spacial score (nSPS) is 23.0. The number of imide groups is 1. The lowest BCUT2D eigenvalue weighted by Crippen LogP contribution is -2.49. The third-order valence-electron chi connectivity index (χ3n) is 11.2. The number of benzene rings is 3. The number of halogens is 1. The Kier molecular flexibility index (Phi) is 6.42. The minimum atomic E-state index is -1.34. The Morgan fingerprint density at radius 1 is 0.980 bits per heavy atom. The minimum absolute atomic E-state index is 0.0138. The van der Waals surface area contributed by atoms with Crippen LogP contribution in [0.3, 0.4) is 0 Å². The van der Waals surface area contributed by atoms with E-state index in [1.165, 1.54) is 21.3 Å². The first-order valence-corrected chi connectivity index (χ1v) is 17.5. The summed E-state index contributed by atoms with van der Waals surface area (Å²) in [5.41, 5.74) is 0.531. The molecule has 1 saturated heterocycles. The average molecular weight is 707 g/mol. The van der Waals surface area contributed by atoms with Gasteiger partial charge >= 0.3 is 11.4 Å². The summed E-state index contributed by atoms with van der Waals surface area (Å²) in [5.74, 6) is -2.15. The molecule has 2 amide bonds. The second kappa shape index (κ2) is 10.4. The molecule has 3 aliphatic rings. The summed E-state index contributed by atoms with van der Waals surface area (Å²) in [7, 11) is 3.14. The summed E-state index contributed by atoms with van der Waals surface area (Å²) in [5, 5.41) is 19.7. The van der Waals surface area contributed by atoms with Crippen molar-refractivity contribution in [2.24, 2.45) is 25.4 Å². The molecule has 0 radical (unpaired) electrons. The van der Waals surface area contributed by atoms with Crippen LogP contribution in [0.4, 0.5) is 5.82 Å². The number of thiophene rings is 1. The fourth-order valence-electron chi connectivity index (χ4n) is 8.67. The molecule has 1 N–H and O–H groups in total. The molecule has 0 spiro atoms. The van der Waals surface area contributed by atoms with Crippen LogP contribution in [0.2, 0.25) is 5.02 Å². The van der Waals surface area contributed by atoms with E-state index in [2.05, 4.69) is 0 Å². The Bertz CT molecular complexity index is 2660. The molecule has 1 saturated carbocycles. The second-order valence-corrected chi connectivity index (χ2v) is 15.2. The van der Waals surface area contributed by atoms with E-state index in [4.69, 9.17) is 16.7 Å². The fraction of sp³-hybridized carbons (Fsp3) is 0.270. The zero-order chi connectivity index (χ0) is 35.0. The molecule has 1 aliphatic carbocycles. The SMILES string of the molecule is Cc1c(-c2cc(N3C(=O)[C@@H]4C[C@@H]5C(=CCn6c(=O)n(C)c(=O)n65)[C@H](c5ccc6ccccc6c5O)[C@]4(C)C3=O)n(C)n2)sc2ccc(Cl)cc12. The van der Waals surface area contributed by atoms with Crippen molar-refractivity contribution < 1.29 is 14.7 Å². The summed E-state index contributed by atoms with van der Waals surface area (Å²) in [4.78, 5) is 58.5. The van der Waals surface area contributed by atoms with E-state index >= 15 is 4.79 Å². The van der Waals surface area contributed by atoms with Crippen LogP contribution >= 0.6 is 22.9 Å². The number of rotatable bonds is 3. The van der Waals surface area contributed by atoms with Gasteiger partial charge in [-0.1, -0.05) is 54.1 Å². The largest absolute Gasteiger partial charge is 0.507 e. The smallest absolute Gasteiger partial charge is 0.347 e. The minimum Gasteiger partial charge on any atom is -0.507 e. The molecule has 252 valence electrons. The van der Waals surface area contributed by atoms with Gasteiger partial charge in [-0.2, -0.15) is 5.10 Å². The summed E-state index contributed by atoms with van der Waals surface area (Å²) < 4.78 is 6.45.